The first-order valence-corrected chi connectivity index (χ1v) is 9.36. The third-order valence-electron chi connectivity index (χ3n) is 5.10. The normalized spacial score (nSPS) is 12.1. The van der Waals surface area contributed by atoms with E-state index in [-0.39, 0.29) is 17.9 Å². The number of nitrogens with one attached hydrogen (secondary N) is 1. The van der Waals surface area contributed by atoms with Gasteiger partial charge in [0.05, 0.1) is 17.1 Å². The topological polar surface area (TPSA) is 91.9 Å². The monoisotopic (exact) mass is 388 g/mol. The quantitative estimate of drug-likeness (QED) is 0.549. The molecule has 6 heteroatoms. The summed E-state index contributed by atoms with van der Waals surface area (Å²) in [4.78, 5) is 24.1. The first kappa shape index (κ1) is 18.7. The number of hydrogen-bond acceptors (Lipinski definition) is 3. The zero-order chi connectivity index (χ0) is 20.5. The maximum Gasteiger partial charge on any atom is 0.340 e. The molecule has 0 aliphatic carbocycles. The minimum absolute atomic E-state index is 0.190. The highest BCUT2D eigenvalue weighted by Gasteiger charge is 2.19. The number of rotatable bonds is 5. The third-order valence-corrected chi connectivity index (χ3v) is 5.10. The predicted molar refractivity (Wildman–Crippen MR) is 110 cm³/mol. The van der Waals surface area contributed by atoms with Gasteiger partial charge < -0.3 is 14.3 Å². The molecule has 29 heavy (non-hydrogen) atoms. The van der Waals surface area contributed by atoms with Crippen molar-refractivity contribution in [1.29, 1.82) is 0 Å². The van der Waals surface area contributed by atoms with E-state index in [0.29, 0.717) is 16.8 Å². The van der Waals surface area contributed by atoms with Crippen LogP contribution in [0.3, 0.4) is 0 Å². The third kappa shape index (κ3) is 3.58. The second-order valence-electron chi connectivity index (χ2n) is 7.06. The van der Waals surface area contributed by atoms with Crippen molar-refractivity contribution in [3.05, 3.63) is 83.6 Å². The molecule has 0 fully saturated rings. The Morgan fingerprint density at radius 3 is 2.34 bits per heavy atom. The Bertz CT molecular complexity index is 1190. The van der Waals surface area contributed by atoms with E-state index in [1.165, 1.54) is 0 Å². The zero-order valence-electron chi connectivity index (χ0n) is 16.3. The molecule has 146 valence electrons. The van der Waals surface area contributed by atoms with Gasteiger partial charge in [-0.1, -0.05) is 42.5 Å². The van der Waals surface area contributed by atoms with Crippen LogP contribution in [0.1, 0.15) is 39.4 Å². The molecule has 2 amide bonds. The maximum atomic E-state index is 12.8. The Morgan fingerprint density at radius 2 is 1.72 bits per heavy atom. The van der Waals surface area contributed by atoms with Gasteiger partial charge in [0.1, 0.15) is 11.5 Å². The van der Waals surface area contributed by atoms with Crippen molar-refractivity contribution in [2.75, 3.05) is 0 Å². The molecule has 0 saturated heterocycles. The molecule has 0 aliphatic heterocycles. The summed E-state index contributed by atoms with van der Waals surface area (Å²) in [5.74, 6) is 0.353. The number of fused-ring (bicyclic) bond motifs is 1. The second-order valence-corrected chi connectivity index (χ2v) is 7.06. The van der Waals surface area contributed by atoms with Crippen LogP contribution in [0.15, 0.2) is 71.1 Å². The van der Waals surface area contributed by atoms with E-state index >= 15 is 0 Å². The van der Waals surface area contributed by atoms with Crippen LogP contribution in [0.25, 0.3) is 22.4 Å². The van der Waals surface area contributed by atoms with E-state index in [1.807, 2.05) is 67.1 Å². The highest BCUT2D eigenvalue weighted by atomic mass is 16.3. The van der Waals surface area contributed by atoms with Gasteiger partial charge in [-0.3, -0.25) is 10.5 Å². The van der Waals surface area contributed by atoms with Gasteiger partial charge >= 0.3 is 5.91 Å². The molecule has 0 aliphatic rings. The number of carbonyl (C=O) groups excluding carboxylic acids is 2. The molecular formula is C23H22N3O3+. The van der Waals surface area contributed by atoms with Crippen LogP contribution in [0.5, 0.6) is 0 Å². The smallest absolute Gasteiger partial charge is 0.340 e. The van der Waals surface area contributed by atoms with Crippen molar-refractivity contribution >= 4 is 22.9 Å². The summed E-state index contributed by atoms with van der Waals surface area (Å²) in [6.07, 6.45) is 0. The Balaban J connectivity index is 1.54. The lowest BCUT2D eigenvalue weighted by Gasteiger charge is -2.15. The Kier molecular flexibility index (Phi) is 4.78. The lowest BCUT2D eigenvalue weighted by atomic mass is 10.1. The fourth-order valence-electron chi connectivity index (χ4n) is 3.39. The summed E-state index contributed by atoms with van der Waals surface area (Å²) in [7, 11) is 1.85. The zero-order valence-corrected chi connectivity index (χ0v) is 16.3. The highest BCUT2D eigenvalue weighted by Crippen LogP contribution is 2.29. The van der Waals surface area contributed by atoms with Gasteiger partial charge in [0.25, 0.3) is 5.91 Å². The minimum atomic E-state index is -0.227. The number of amides is 2. The summed E-state index contributed by atoms with van der Waals surface area (Å²) < 4.78 is 7.78. The first-order chi connectivity index (χ1) is 13.9. The fraction of sp³-hybridized carbons (Fsp3) is 0.130. The molecule has 0 bridgehead atoms. The number of quaternary nitrogens is 1. The molecule has 6 nitrogen and oxygen atoms in total. The van der Waals surface area contributed by atoms with E-state index in [9.17, 15) is 9.59 Å². The number of furan rings is 1. The summed E-state index contributed by atoms with van der Waals surface area (Å²) >= 11 is 0. The number of aromatic nitrogens is 1. The molecule has 2 aromatic carbocycles. The van der Waals surface area contributed by atoms with Crippen LogP contribution in [-0.4, -0.2) is 16.4 Å². The highest BCUT2D eigenvalue weighted by molar-refractivity contribution is 5.98. The van der Waals surface area contributed by atoms with E-state index < -0.39 is 0 Å². The molecule has 0 saturated carbocycles. The Hall–Kier alpha value is -3.64. The number of aryl methyl sites for hydroxylation is 1. The minimum Gasteiger partial charge on any atom is -0.454 e. The van der Waals surface area contributed by atoms with Gasteiger partial charge in [0.15, 0.2) is 5.58 Å². The fourth-order valence-corrected chi connectivity index (χ4v) is 3.39. The average Bonchev–Trinajstić information content (AvgIpc) is 3.28. The second kappa shape index (κ2) is 7.41. The molecule has 0 spiro atoms. The van der Waals surface area contributed by atoms with Crippen molar-refractivity contribution in [3.63, 3.8) is 0 Å². The van der Waals surface area contributed by atoms with E-state index in [0.717, 1.165) is 22.4 Å². The molecule has 0 radical (unpaired) electrons. The summed E-state index contributed by atoms with van der Waals surface area (Å²) in [5.41, 5.74) is 7.90. The predicted octanol–water partition coefficient (Wildman–Crippen LogP) is 3.31. The Labute approximate surface area is 167 Å². The van der Waals surface area contributed by atoms with Crippen LogP contribution in [-0.2, 0) is 7.05 Å². The summed E-state index contributed by atoms with van der Waals surface area (Å²) in [6, 6.07) is 20.4. The number of benzene rings is 2. The van der Waals surface area contributed by atoms with Gasteiger partial charge in [0, 0.05) is 24.7 Å². The molecule has 0 unspecified atom stereocenters. The standard InChI is InChI=1S/C23H21N3O3/c1-14(15-8-10-17(11-9-15)22(24)27)25-23(28)19-13-21-18(26(19)2)12-20(29-21)16-6-4-3-5-7-16/h3-14H,1-2H3,(H2,24,27)(H,25,28)/p+1/t14-/m1/s1. The molecular weight excluding hydrogens is 366 g/mol. The van der Waals surface area contributed by atoms with Crippen molar-refractivity contribution in [1.82, 2.24) is 9.88 Å². The van der Waals surface area contributed by atoms with Crippen molar-refractivity contribution in [2.45, 2.75) is 13.0 Å². The maximum absolute atomic E-state index is 12.8. The van der Waals surface area contributed by atoms with Crippen molar-refractivity contribution in [2.24, 2.45) is 7.05 Å². The SMILES string of the molecule is C[C@@H](NC(=O)c1cc2oc(-c3ccccc3)cc2n1C)c1ccc(C([NH3+])=O)cc1. The van der Waals surface area contributed by atoms with Crippen LogP contribution < -0.4 is 11.1 Å². The molecule has 2 aromatic heterocycles. The van der Waals surface area contributed by atoms with Crippen LogP contribution >= 0.6 is 0 Å². The largest absolute Gasteiger partial charge is 0.454 e. The van der Waals surface area contributed by atoms with Crippen molar-refractivity contribution < 1.29 is 19.7 Å². The molecule has 4 N–H and O–H groups in total. The van der Waals surface area contributed by atoms with Crippen molar-refractivity contribution in [3.8, 4) is 11.3 Å². The van der Waals surface area contributed by atoms with Gasteiger partial charge in [-0.25, -0.2) is 4.79 Å². The van der Waals surface area contributed by atoms with Gasteiger partial charge in [-0.15, -0.1) is 0 Å². The van der Waals surface area contributed by atoms with Crippen LogP contribution in [0.2, 0.25) is 0 Å². The van der Waals surface area contributed by atoms with E-state index in [1.54, 1.807) is 18.2 Å². The Morgan fingerprint density at radius 1 is 1.03 bits per heavy atom. The molecule has 4 aromatic rings. The van der Waals surface area contributed by atoms with Gasteiger partial charge in [-0.05, 0) is 24.6 Å². The lowest BCUT2D eigenvalue weighted by molar-refractivity contribution is -0.255. The molecule has 1 atom stereocenters. The first-order valence-electron chi connectivity index (χ1n) is 9.36. The summed E-state index contributed by atoms with van der Waals surface area (Å²) in [6.45, 7) is 1.90. The lowest BCUT2D eigenvalue weighted by Crippen LogP contribution is -2.56. The van der Waals surface area contributed by atoms with Crippen LogP contribution in [0, 0.1) is 0 Å². The molecule has 2 heterocycles. The van der Waals surface area contributed by atoms with Crippen LogP contribution in [0.4, 0.5) is 0 Å². The molecule has 4 rings (SSSR count). The van der Waals surface area contributed by atoms with E-state index in [4.69, 9.17) is 4.42 Å². The average molecular weight is 388 g/mol. The van der Waals surface area contributed by atoms with E-state index in [2.05, 4.69) is 11.1 Å². The summed E-state index contributed by atoms with van der Waals surface area (Å²) in [5, 5.41) is 3.00. The van der Waals surface area contributed by atoms with Gasteiger partial charge in [-0.2, -0.15) is 0 Å². The number of carbonyl (C=O) groups is 2. The number of hydrogen-bond donors (Lipinski definition) is 2. The number of nitrogens with zero attached hydrogens (tertiary/aromatic N) is 1. The van der Waals surface area contributed by atoms with Gasteiger partial charge in [0.2, 0.25) is 0 Å².